The van der Waals surface area contributed by atoms with E-state index in [4.69, 9.17) is 15.9 Å². The summed E-state index contributed by atoms with van der Waals surface area (Å²) in [6, 6.07) is 22.2. The van der Waals surface area contributed by atoms with Crippen molar-refractivity contribution in [1.82, 2.24) is 5.43 Å². The summed E-state index contributed by atoms with van der Waals surface area (Å²) in [5.41, 5.74) is 13.5. The molecule has 170 valence electrons. The first-order valence-corrected chi connectivity index (χ1v) is 10.8. The standard InChI is InChI=1S/C25H28N6O2/c1-18-16-20(10-11-23(18)30-12-14-33-15-13-30)28-25(32)29-31(21-7-3-2-4-8-21)22-9-5-6-19(17-22)24(26)27/h2-11,16-17H,12-15H2,1H3,(H3,26,27)(H2,28,29,32). The van der Waals surface area contributed by atoms with E-state index in [9.17, 15) is 4.79 Å². The Kier molecular flexibility index (Phi) is 6.75. The molecule has 1 heterocycles. The lowest BCUT2D eigenvalue weighted by atomic mass is 10.1. The van der Waals surface area contributed by atoms with Gasteiger partial charge in [0.1, 0.15) is 5.84 Å². The number of hydrogen-bond acceptors (Lipinski definition) is 5. The zero-order valence-corrected chi connectivity index (χ0v) is 18.5. The summed E-state index contributed by atoms with van der Waals surface area (Å²) >= 11 is 0. The minimum absolute atomic E-state index is 0.0369. The number of amides is 2. The van der Waals surface area contributed by atoms with Gasteiger partial charge >= 0.3 is 6.03 Å². The van der Waals surface area contributed by atoms with E-state index < -0.39 is 0 Å². The third-order valence-electron chi connectivity index (χ3n) is 5.45. The van der Waals surface area contributed by atoms with Gasteiger partial charge in [-0.05, 0) is 55.0 Å². The largest absolute Gasteiger partial charge is 0.384 e. The first kappa shape index (κ1) is 22.2. The molecule has 8 heteroatoms. The molecule has 0 atom stereocenters. The molecule has 0 aliphatic carbocycles. The molecule has 8 nitrogen and oxygen atoms in total. The van der Waals surface area contributed by atoms with Gasteiger partial charge in [-0.25, -0.2) is 10.2 Å². The van der Waals surface area contributed by atoms with Crippen molar-refractivity contribution in [3.63, 3.8) is 0 Å². The fourth-order valence-electron chi connectivity index (χ4n) is 3.82. The van der Waals surface area contributed by atoms with Gasteiger partial charge in [0.2, 0.25) is 0 Å². The average Bonchev–Trinajstić information content (AvgIpc) is 2.84. The van der Waals surface area contributed by atoms with Crippen LogP contribution in [0.1, 0.15) is 11.1 Å². The molecule has 2 amide bonds. The lowest BCUT2D eigenvalue weighted by Crippen LogP contribution is -2.41. The zero-order chi connectivity index (χ0) is 23.2. The normalized spacial score (nSPS) is 13.3. The second-order valence-corrected chi connectivity index (χ2v) is 7.80. The van der Waals surface area contributed by atoms with Crippen LogP contribution in [0, 0.1) is 12.3 Å². The predicted molar refractivity (Wildman–Crippen MR) is 132 cm³/mol. The Bertz CT molecular complexity index is 1130. The predicted octanol–water partition coefficient (Wildman–Crippen LogP) is 3.99. The van der Waals surface area contributed by atoms with E-state index in [0.717, 1.165) is 43.2 Å². The van der Waals surface area contributed by atoms with Gasteiger partial charge in [0.15, 0.2) is 0 Å². The Hall–Kier alpha value is -4.04. The summed E-state index contributed by atoms with van der Waals surface area (Å²) in [5, 5.41) is 12.3. The van der Waals surface area contributed by atoms with E-state index in [1.807, 2.05) is 61.5 Å². The van der Waals surface area contributed by atoms with Gasteiger partial charge in [-0.1, -0.05) is 30.3 Å². The van der Waals surface area contributed by atoms with Gasteiger partial charge in [0, 0.05) is 30.0 Å². The quantitative estimate of drug-likeness (QED) is 0.261. The number of benzene rings is 3. The SMILES string of the molecule is Cc1cc(NC(=O)NN(c2ccccc2)c2cccc(C(=N)N)c2)ccc1N1CCOCC1. The molecule has 33 heavy (non-hydrogen) atoms. The highest BCUT2D eigenvalue weighted by molar-refractivity contribution is 5.96. The highest BCUT2D eigenvalue weighted by atomic mass is 16.5. The Morgan fingerprint density at radius 1 is 1.00 bits per heavy atom. The molecule has 0 saturated carbocycles. The molecule has 3 aromatic rings. The van der Waals surface area contributed by atoms with Crippen LogP contribution in [0.15, 0.2) is 72.8 Å². The van der Waals surface area contributed by atoms with Gasteiger partial charge in [0.25, 0.3) is 0 Å². The lowest BCUT2D eigenvalue weighted by Gasteiger charge is -2.30. The molecule has 1 saturated heterocycles. The van der Waals surface area contributed by atoms with Crippen LogP contribution >= 0.6 is 0 Å². The molecular weight excluding hydrogens is 416 g/mol. The van der Waals surface area contributed by atoms with Crippen molar-refractivity contribution in [1.29, 1.82) is 5.41 Å². The van der Waals surface area contributed by atoms with Crippen molar-refractivity contribution in [3.05, 3.63) is 83.9 Å². The number of para-hydroxylation sites is 1. The molecule has 1 aliphatic rings. The molecule has 5 N–H and O–H groups in total. The molecule has 0 spiro atoms. The number of hydrazine groups is 1. The molecule has 4 rings (SSSR count). The maximum atomic E-state index is 12.9. The highest BCUT2D eigenvalue weighted by Crippen LogP contribution is 2.26. The van der Waals surface area contributed by atoms with E-state index in [1.54, 1.807) is 23.2 Å². The summed E-state index contributed by atoms with van der Waals surface area (Å²) in [4.78, 5) is 15.2. The number of amidine groups is 1. The zero-order valence-electron chi connectivity index (χ0n) is 18.5. The summed E-state index contributed by atoms with van der Waals surface area (Å²) < 4.78 is 5.44. The van der Waals surface area contributed by atoms with E-state index in [-0.39, 0.29) is 11.9 Å². The third kappa shape index (κ3) is 5.42. The first-order chi connectivity index (χ1) is 16.0. The molecule has 0 bridgehead atoms. The van der Waals surface area contributed by atoms with Crippen molar-refractivity contribution >= 4 is 34.6 Å². The number of hydrogen-bond donors (Lipinski definition) is 4. The number of carbonyl (C=O) groups is 1. The number of ether oxygens (including phenoxy) is 1. The minimum Gasteiger partial charge on any atom is -0.384 e. The van der Waals surface area contributed by atoms with Crippen molar-refractivity contribution in [3.8, 4) is 0 Å². The van der Waals surface area contributed by atoms with E-state index in [2.05, 4.69) is 15.6 Å². The number of aryl methyl sites for hydroxylation is 1. The minimum atomic E-state index is -0.384. The number of nitrogen functional groups attached to an aromatic ring is 1. The summed E-state index contributed by atoms with van der Waals surface area (Å²) in [6.07, 6.45) is 0. The molecule has 1 fully saturated rings. The Balaban J connectivity index is 1.52. The van der Waals surface area contributed by atoms with Gasteiger partial charge in [0.05, 0.1) is 24.6 Å². The Labute approximate surface area is 193 Å². The maximum absolute atomic E-state index is 12.9. The van der Waals surface area contributed by atoms with Crippen LogP contribution in [0.3, 0.4) is 0 Å². The highest BCUT2D eigenvalue weighted by Gasteiger charge is 2.16. The summed E-state index contributed by atoms with van der Waals surface area (Å²) in [7, 11) is 0. The fraction of sp³-hybridized carbons (Fsp3) is 0.200. The number of carbonyl (C=O) groups excluding carboxylic acids is 1. The number of nitrogens with two attached hydrogens (primary N) is 1. The van der Waals surface area contributed by atoms with Crippen molar-refractivity contribution in [2.75, 3.05) is 41.5 Å². The summed E-state index contributed by atoms with van der Waals surface area (Å²) in [5.74, 6) is -0.0369. The second-order valence-electron chi connectivity index (χ2n) is 7.80. The first-order valence-electron chi connectivity index (χ1n) is 10.8. The van der Waals surface area contributed by atoms with Gasteiger partial charge in [-0.2, -0.15) is 0 Å². The molecule has 1 aliphatic heterocycles. The van der Waals surface area contributed by atoms with Crippen LogP contribution < -0.4 is 26.4 Å². The van der Waals surface area contributed by atoms with Gasteiger partial charge in [-0.15, -0.1) is 0 Å². The number of nitrogens with zero attached hydrogens (tertiary/aromatic N) is 2. The number of nitrogens with one attached hydrogen (secondary N) is 3. The second kappa shape index (κ2) is 10.1. The topological polar surface area (TPSA) is 107 Å². The fourth-order valence-corrected chi connectivity index (χ4v) is 3.82. The lowest BCUT2D eigenvalue weighted by molar-refractivity contribution is 0.122. The number of urea groups is 1. The molecule has 3 aromatic carbocycles. The third-order valence-corrected chi connectivity index (χ3v) is 5.45. The van der Waals surface area contributed by atoms with Crippen LogP contribution in [0.2, 0.25) is 0 Å². The number of anilines is 4. The Morgan fingerprint density at radius 2 is 1.73 bits per heavy atom. The van der Waals surface area contributed by atoms with Crippen molar-refractivity contribution < 1.29 is 9.53 Å². The Morgan fingerprint density at radius 3 is 2.42 bits per heavy atom. The molecule has 0 radical (unpaired) electrons. The van der Waals surface area contributed by atoms with Crippen molar-refractivity contribution in [2.24, 2.45) is 5.73 Å². The molecular formula is C25H28N6O2. The van der Waals surface area contributed by atoms with Gasteiger partial charge < -0.3 is 20.7 Å². The van der Waals surface area contributed by atoms with Crippen LogP contribution in [0.4, 0.5) is 27.5 Å². The monoisotopic (exact) mass is 444 g/mol. The van der Waals surface area contributed by atoms with Crippen LogP contribution in [0.5, 0.6) is 0 Å². The van der Waals surface area contributed by atoms with Crippen LogP contribution in [0.25, 0.3) is 0 Å². The average molecular weight is 445 g/mol. The molecule has 0 unspecified atom stereocenters. The van der Waals surface area contributed by atoms with Crippen LogP contribution in [-0.2, 0) is 4.74 Å². The smallest absolute Gasteiger partial charge is 0.338 e. The van der Waals surface area contributed by atoms with Gasteiger partial charge in [-0.3, -0.25) is 10.4 Å². The van der Waals surface area contributed by atoms with E-state index >= 15 is 0 Å². The maximum Gasteiger partial charge on any atom is 0.338 e. The van der Waals surface area contributed by atoms with E-state index in [1.165, 1.54) is 0 Å². The van der Waals surface area contributed by atoms with Crippen molar-refractivity contribution in [2.45, 2.75) is 6.92 Å². The number of morpholine rings is 1. The van der Waals surface area contributed by atoms with Crippen LogP contribution in [-0.4, -0.2) is 38.2 Å². The van der Waals surface area contributed by atoms with E-state index in [0.29, 0.717) is 16.9 Å². The number of rotatable bonds is 6. The molecule has 0 aromatic heterocycles. The summed E-state index contributed by atoms with van der Waals surface area (Å²) in [6.45, 7) is 5.21.